The van der Waals surface area contributed by atoms with E-state index in [1.165, 1.54) is 0 Å². The van der Waals surface area contributed by atoms with Crippen LogP contribution in [-0.2, 0) is 9.53 Å². The second kappa shape index (κ2) is 5.46. The quantitative estimate of drug-likeness (QED) is 0.684. The third-order valence-electron chi connectivity index (χ3n) is 2.20. The fourth-order valence-electron chi connectivity index (χ4n) is 1.52. The Morgan fingerprint density at radius 3 is 2.78 bits per heavy atom. The Morgan fingerprint density at radius 2 is 2.22 bits per heavy atom. The fourth-order valence-corrected chi connectivity index (χ4v) is 2.45. The summed E-state index contributed by atoms with van der Waals surface area (Å²) in [5, 5.41) is 2.35. The predicted octanol–water partition coefficient (Wildman–Crippen LogP) is 3.03. The topological polar surface area (TPSA) is 55.4 Å². The van der Waals surface area contributed by atoms with Gasteiger partial charge in [-0.1, -0.05) is 23.7 Å². The lowest BCUT2D eigenvalue weighted by molar-refractivity contribution is -0.115. The van der Waals surface area contributed by atoms with Gasteiger partial charge in [0.15, 0.2) is 0 Å². The molecule has 0 spiro atoms. The lowest BCUT2D eigenvalue weighted by atomic mass is 10.1. The van der Waals surface area contributed by atoms with E-state index >= 15 is 0 Å². The lowest BCUT2D eigenvalue weighted by Crippen LogP contribution is -2.18. The molecule has 18 heavy (non-hydrogen) atoms. The van der Waals surface area contributed by atoms with Gasteiger partial charge in [0.1, 0.15) is 10.7 Å². The van der Waals surface area contributed by atoms with Crippen LogP contribution in [0.3, 0.4) is 0 Å². The Kier molecular flexibility index (Phi) is 3.93. The number of carbonyl (C=O) groups excluding carboxylic acids is 2. The van der Waals surface area contributed by atoms with Gasteiger partial charge in [0.2, 0.25) is 0 Å². The van der Waals surface area contributed by atoms with Gasteiger partial charge in [0.05, 0.1) is 6.61 Å². The summed E-state index contributed by atoms with van der Waals surface area (Å²) in [5.41, 5.74) is 0.678. The van der Waals surface area contributed by atoms with Crippen LogP contribution in [0.1, 0.15) is 12.5 Å². The predicted molar refractivity (Wildman–Crippen MR) is 71.1 cm³/mol. The van der Waals surface area contributed by atoms with E-state index in [0.717, 1.165) is 11.8 Å². The van der Waals surface area contributed by atoms with Gasteiger partial charge in [-0.2, -0.15) is 0 Å². The number of rotatable bonds is 3. The van der Waals surface area contributed by atoms with Gasteiger partial charge in [-0.15, -0.1) is 0 Å². The largest absolute Gasteiger partial charge is 0.492 e. The summed E-state index contributed by atoms with van der Waals surface area (Å²) in [5.74, 6) is -0.0539. The van der Waals surface area contributed by atoms with Crippen LogP contribution in [0.25, 0.3) is 5.76 Å². The van der Waals surface area contributed by atoms with Crippen LogP contribution < -0.4 is 5.32 Å². The number of amides is 2. The smallest absolute Gasteiger partial charge is 0.291 e. The molecule has 1 fully saturated rings. The Hall–Kier alpha value is -1.46. The van der Waals surface area contributed by atoms with Crippen LogP contribution in [0.5, 0.6) is 0 Å². The van der Waals surface area contributed by atoms with Crippen molar-refractivity contribution in [1.29, 1.82) is 0 Å². The minimum absolute atomic E-state index is 0.268. The molecule has 2 rings (SSSR count). The van der Waals surface area contributed by atoms with Crippen LogP contribution in [0.4, 0.5) is 4.79 Å². The van der Waals surface area contributed by atoms with Crippen molar-refractivity contribution in [3.63, 3.8) is 0 Å². The van der Waals surface area contributed by atoms with Gasteiger partial charge in [-0.3, -0.25) is 14.9 Å². The van der Waals surface area contributed by atoms with Gasteiger partial charge >= 0.3 is 0 Å². The van der Waals surface area contributed by atoms with E-state index in [0.29, 0.717) is 23.0 Å². The number of imide groups is 1. The van der Waals surface area contributed by atoms with E-state index in [2.05, 4.69) is 5.32 Å². The summed E-state index contributed by atoms with van der Waals surface area (Å²) < 4.78 is 5.47. The second-order valence-corrected chi connectivity index (χ2v) is 4.86. The second-order valence-electron chi connectivity index (χ2n) is 3.45. The standard InChI is InChI=1S/C12H10ClNO3S/c1-2-17-9(7-4-3-5-8(13)6-7)10-11(15)14-12(16)18-10/h3-6H,2H2,1H3,(H,14,15,16). The lowest BCUT2D eigenvalue weighted by Gasteiger charge is -2.10. The molecule has 0 atom stereocenters. The van der Waals surface area contributed by atoms with Crippen molar-refractivity contribution in [2.75, 3.05) is 6.61 Å². The average molecular weight is 284 g/mol. The third kappa shape index (κ3) is 2.68. The molecule has 2 amide bonds. The zero-order valence-electron chi connectivity index (χ0n) is 9.53. The SMILES string of the molecule is CCOC(=C1SC(=O)NC1=O)c1cccc(Cl)c1. The van der Waals surface area contributed by atoms with Gasteiger partial charge in [0, 0.05) is 10.6 Å². The number of benzene rings is 1. The number of nitrogens with one attached hydrogen (secondary N) is 1. The summed E-state index contributed by atoms with van der Waals surface area (Å²) in [4.78, 5) is 23.1. The van der Waals surface area contributed by atoms with Crippen molar-refractivity contribution in [3.05, 3.63) is 39.8 Å². The molecule has 1 saturated heterocycles. The minimum Gasteiger partial charge on any atom is -0.492 e. The van der Waals surface area contributed by atoms with Gasteiger partial charge in [0.25, 0.3) is 11.1 Å². The van der Waals surface area contributed by atoms with E-state index in [-0.39, 0.29) is 4.91 Å². The number of hydrogen-bond donors (Lipinski definition) is 1. The summed E-state index contributed by atoms with van der Waals surface area (Å²) in [7, 11) is 0. The van der Waals surface area contributed by atoms with Crippen LogP contribution in [0.2, 0.25) is 5.02 Å². The number of halogens is 1. The van der Waals surface area contributed by atoms with Crippen molar-refractivity contribution in [2.45, 2.75) is 6.92 Å². The molecule has 1 aromatic carbocycles. The van der Waals surface area contributed by atoms with Gasteiger partial charge < -0.3 is 4.74 Å². The summed E-state index contributed by atoms with van der Waals surface area (Å²) in [6.07, 6.45) is 0. The molecule has 1 aliphatic rings. The molecule has 0 unspecified atom stereocenters. The maximum atomic E-state index is 11.6. The van der Waals surface area contributed by atoms with Gasteiger partial charge in [-0.05, 0) is 30.8 Å². The molecule has 94 valence electrons. The maximum Gasteiger partial charge on any atom is 0.291 e. The van der Waals surface area contributed by atoms with Crippen molar-refractivity contribution >= 4 is 40.3 Å². The normalized spacial score (nSPS) is 17.7. The molecule has 0 aromatic heterocycles. The zero-order chi connectivity index (χ0) is 13.1. The first-order chi connectivity index (χ1) is 8.61. The van der Waals surface area contributed by atoms with E-state index in [1.54, 1.807) is 24.3 Å². The number of hydrogen-bond acceptors (Lipinski definition) is 4. The molecule has 0 saturated carbocycles. The highest BCUT2D eigenvalue weighted by atomic mass is 35.5. The molecule has 1 aliphatic heterocycles. The Balaban J connectivity index is 2.49. The van der Waals surface area contributed by atoms with E-state index in [1.807, 2.05) is 6.92 Å². The van der Waals surface area contributed by atoms with Crippen LogP contribution >= 0.6 is 23.4 Å². The number of ether oxygens (including phenoxy) is 1. The molecule has 0 radical (unpaired) electrons. The van der Waals surface area contributed by atoms with Crippen LogP contribution in [0, 0.1) is 0 Å². The molecule has 1 N–H and O–H groups in total. The van der Waals surface area contributed by atoms with E-state index in [9.17, 15) is 9.59 Å². The molecule has 4 nitrogen and oxygen atoms in total. The molecule has 0 aliphatic carbocycles. The van der Waals surface area contributed by atoms with Crippen molar-refractivity contribution < 1.29 is 14.3 Å². The van der Waals surface area contributed by atoms with Crippen molar-refractivity contribution in [2.24, 2.45) is 0 Å². The molecular weight excluding hydrogens is 274 g/mol. The maximum absolute atomic E-state index is 11.6. The van der Waals surface area contributed by atoms with Crippen LogP contribution in [0.15, 0.2) is 29.2 Å². The highest BCUT2D eigenvalue weighted by Crippen LogP contribution is 2.33. The first-order valence-electron chi connectivity index (χ1n) is 5.28. The van der Waals surface area contributed by atoms with E-state index < -0.39 is 11.1 Å². The fraction of sp³-hybridized carbons (Fsp3) is 0.167. The Bertz CT molecular complexity index is 542. The van der Waals surface area contributed by atoms with Crippen molar-refractivity contribution in [3.8, 4) is 0 Å². The molecule has 1 heterocycles. The minimum atomic E-state index is -0.437. The highest BCUT2D eigenvalue weighted by molar-refractivity contribution is 8.18. The first kappa shape index (κ1) is 13.0. The zero-order valence-corrected chi connectivity index (χ0v) is 11.1. The third-order valence-corrected chi connectivity index (χ3v) is 3.30. The summed E-state index contributed by atoms with van der Waals surface area (Å²) in [6.45, 7) is 2.21. The molecule has 1 aromatic rings. The molecular formula is C12H10ClNO3S. The molecule has 0 bridgehead atoms. The summed E-state index contributed by atoms with van der Waals surface area (Å²) in [6, 6.07) is 6.96. The van der Waals surface area contributed by atoms with E-state index in [4.69, 9.17) is 16.3 Å². The number of carbonyl (C=O) groups is 2. The van der Waals surface area contributed by atoms with Crippen molar-refractivity contribution in [1.82, 2.24) is 5.32 Å². The highest BCUT2D eigenvalue weighted by Gasteiger charge is 2.30. The average Bonchev–Trinajstić information content (AvgIpc) is 2.65. The number of thioether (sulfide) groups is 1. The summed E-state index contributed by atoms with van der Waals surface area (Å²) >= 11 is 6.74. The monoisotopic (exact) mass is 283 g/mol. The first-order valence-corrected chi connectivity index (χ1v) is 6.47. The van der Waals surface area contributed by atoms with Gasteiger partial charge in [-0.25, -0.2) is 0 Å². The molecule has 6 heteroatoms. The Labute approximate surface area is 113 Å². The Morgan fingerprint density at radius 1 is 1.44 bits per heavy atom. The van der Waals surface area contributed by atoms with Crippen LogP contribution in [-0.4, -0.2) is 17.8 Å².